The summed E-state index contributed by atoms with van der Waals surface area (Å²) in [6.45, 7) is 4.51. The minimum Gasteiger partial charge on any atom is -0.389 e. The normalized spacial score (nSPS) is 27.1. The summed E-state index contributed by atoms with van der Waals surface area (Å²) in [6.07, 6.45) is 1.45. The average Bonchev–Trinajstić information content (AvgIpc) is 2.74. The second-order valence-corrected chi connectivity index (χ2v) is 8.89. The molecule has 2 heteroatoms. The molecule has 29 heavy (non-hydrogen) atoms. The summed E-state index contributed by atoms with van der Waals surface area (Å²) in [5, 5.41) is 14.7. The van der Waals surface area contributed by atoms with Crippen molar-refractivity contribution in [1.82, 2.24) is 0 Å². The van der Waals surface area contributed by atoms with Crippen LogP contribution in [0, 0.1) is 11.8 Å². The predicted octanol–water partition coefficient (Wildman–Crippen LogP) is 4.68. The number of quaternary nitrogens is 1. The first-order valence-electron chi connectivity index (χ1n) is 10.8. The number of aliphatic hydroxyl groups is 1. The van der Waals surface area contributed by atoms with Crippen LogP contribution < -0.4 is 5.32 Å². The van der Waals surface area contributed by atoms with E-state index in [1.165, 1.54) is 16.7 Å². The molecule has 1 saturated heterocycles. The second-order valence-electron chi connectivity index (χ2n) is 8.89. The van der Waals surface area contributed by atoms with Gasteiger partial charge >= 0.3 is 0 Å². The van der Waals surface area contributed by atoms with Gasteiger partial charge in [-0.2, -0.15) is 0 Å². The molecule has 0 radical (unpaired) electrons. The molecule has 3 N–H and O–H groups in total. The summed E-state index contributed by atoms with van der Waals surface area (Å²) in [6, 6.07) is 32.3. The molecule has 0 aromatic heterocycles. The molecule has 3 aromatic carbocycles. The highest BCUT2D eigenvalue weighted by Crippen LogP contribution is 2.44. The summed E-state index contributed by atoms with van der Waals surface area (Å²) in [7, 11) is 0. The van der Waals surface area contributed by atoms with Crippen LogP contribution in [0.15, 0.2) is 91.0 Å². The van der Waals surface area contributed by atoms with Crippen molar-refractivity contribution in [2.75, 3.05) is 0 Å². The summed E-state index contributed by atoms with van der Waals surface area (Å²) >= 11 is 0. The maximum absolute atomic E-state index is 12.2. The van der Waals surface area contributed by atoms with Crippen LogP contribution in [0.3, 0.4) is 0 Å². The third kappa shape index (κ3) is 4.29. The maximum Gasteiger partial charge on any atom is 0.118 e. The van der Waals surface area contributed by atoms with E-state index < -0.39 is 5.60 Å². The van der Waals surface area contributed by atoms with Gasteiger partial charge in [-0.25, -0.2) is 0 Å². The number of piperidine rings is 1. The van der Waals surface area contributed by atoms with Crippen LogP contribution in [0.5, 0.6) is 0 Å². The van der Waals surface area contributed by atoms with Gasteiger partial charge in [-0.15, -0.1) is 0 Å². The molecule has 0 amide bonds. The van der Waals surface area contributed by atoms with Crippen LogP contribution in [-0.4, -0.2) is 10.7 Å². The summed E-state index contributed by atoms with van der Waals surface area (Å²) < 4.78 is 0. The average molecular weight is 387 g/mol. The van der Waals surface area contributed by atoms with Gasteiger partial charge in [0.05, 0.1) is 5.60 Å². The van der Waals surface area contributed by atoms with Crippen molar-refractivity contribution in [2.45, 2.75) is 44.4 Å². The zero-order valence-electron chi connectivity index (χ0n) is 17.4. The standard InChI is InChI=1S/C27H31NO/c1-20(2)25-26(23-16-10-5-11-17-23)28-24(22-14-8-4-9-15-22)19-27(25,29)18-21-12-6-3-7-13-21/h3-17,20,24-26,28-29H,18-19H2,1-2H3/p+1/t24-,25-,26-,27+/m0/s1. The Balaban J connectivity index is 1.77. The highest BCUT2D eigenvalue weighted by atomic mass is 16.3. The van der Waals surface area contributed by atoms with E-state index in [1.807, 2.05) is 6.07 Å². The van der Waals surface area contributed by atoms with E-state index in [4.69, 9.17) is 0 Å². The van der Waals surface area contributed by atoms with Crippen molar-refractivity contribution in [1.29, 1.82) is 0 Å². The van der Waals surface area contributed by atoms with Crippen LogP contribution in [0.1, 0.15) is 49.0 Å². The molecule has 0 aliphatic carbocycles. The van der Waals surface area contributed by atoms with Gasteiger partial charge in [-0.1, -0.05) is 105 Å². The lowest BCUT2D eigenvalue weighted by Gasteiger charge is -2.48. The number of hydrogen-bond acceptors (Lipinski definition) is 1. The van der Waals surface area contributed by atoms with Gasteiger partial charge in [0.25, 0.3) is 0 Å². The number of nitrogens with two attached hydrogens (primary N) is 1. The van der Waals surface area contributed by atoms with Gasteiger partial charge < -0.3 is 10.4 Å². The SMILES string of the molecule is CC(C)[C@H]1[C@H](c2ccccc2)[NH2+][C@H](c2ccccc2)C[C@]1(O)Cc1ccccc1. The van der Waals surface area contributed by atoms with E-state index in [0.29, 0.717) is 12.3 Å². The van der Waals surface area contributed by atoms with Crippen LogP contribution in [0.25, 0.3) is 0 Å². The van der Waals surface area contributed by atoms with Gasteiger partial charge in [0.1, 0.15) is 12.1 Å². The van der Waals surface area contributed by atoms with Crippen LogP contribution in [0.4, 0.5) is 0 Å². The molecular formula is C27H32NO+. The monoisotopic (exact) mass is 386 g/mol. The van der Waals surface area contributed by atoms with E-state index in [-0.39, 0.29) is 18.0 Å². The highest BCUT2D eigenvalue weighted by molar-refractivity contribution is 5.25. The fraction of sp³-hybridized carbons (Fsp3) is 0.333. The Morgan fingerprint density at radius 2 is 1.34 bits per heavy atom. The second kappa shape index (κ2) is 8.52. The number of rotatable bonds is 5. The van der Waals surface area contributed by atoms with Gasteiger partial charge in [-0.3, -0.25) is 0 Å². The molecule has 150 valence electrons. The first-order chi connectivity index (χ1) is 14.1. The van der Waals surface area contributed by atoms with E-state index in [1.54, 1.807) is 0 Å². The zero-order chi connectivity index (χ0) is 20.3. The topological polar surface area (TPSA) is 36.8 Å². The van der Waals surface area contributed by atoms with Crippen molar-refractivity contribution in [3.05, 3.63) is 108 Å². The van der Waals surface area contributed by atoms with E-state index in [0.717, 1.165) is 6.42 Å². The Kier molecular flexibility index (Phi) is 5.84. The third-order valence-corrected chi connectivity index (χ3v) is 6.50. The molecule has 0 saturated carbocycles. The minimum absolute atomic E-state index is 0.171. The lowest BCUT2D eigenvalue weighted by Crippen LogP contribution is -2.92. The van der Waals surface area contributed by atoms with Gasteiger partial charge in [0, 0.05) is 29.9 Å². The Morgan fingerprint density at radius 3 is 1.90 bits per heavy atom. The van der Waals surface area contributed by atoms with Crippen LogP contribution in [-0.2, 0) is 6.42 Å². The Morgan fingerprint density at radius 1 is 0.828 bits per heavy atom. The third-order valence-electron chi connectivity index (χ3n) is 6.50. The molecule has 1 aliphatic rings. The Bertz CT molecular complexity index is 894. The molecule has 1 heterocycles. The summed E-state index contributed by atoms with van der Waals surface area (Å²) in [5.74, 6) is 0.548. The van der Waals surface area contributed by atoms with Crippen molar-refractivity contribution in [2.24, 2.45) is 11.8 Å². The van der Waals surface area contributed by atoms with Gasteiger partial charge in [-0.05, 0) is 11.5 Å². The Hall–Kier alpha value is -2.42. The van der Waals surface area contributed by atoms with Gasteiger partial charge in [0.2, 0.25) is 0 Å². The highest BCUT2D eigenvalue weighted by Gasteiger charge is 2.52. The molecule has 4 atom stereocenters. The van der Waals surface area contributed by atoms with Crippen molar-refractivity contribution in [3.63, 3.8) is 0 Å². The summed E-state index contributed by atoms with van der Waals surface area (Å²) in [4.78, 5) is 0. The molecule has 0 spiro atoms. The minimum atomic E-state index is -0.759. The first kappa shape index (κ1) is 19.9. The molecule has 4 rings (SSSR count). The molecule has 1 fully saturated rings. The lowest BCUT2D eigenvalue weighted by molar-refractivity contribution is -0.758. The Labute approximate surface area is 174 Å². The molecule has 0 unspecified atom stereocenters. The fourth-order valence-electron chi connectivity index (χ4n) is 5.39. The molecule has 3 aromatic rings. The molecular weight excluding hydrogens is 354 g/mol. The quantitative estimate of drug-likeness (QED) is 0.656. The van der Waals surface area contributed by atoms with Crippen LogP contribution in [0.2, 0.25) is 0 Å². The van der Waals surface area contributed by atoms with Crippen molar-refractivity contribution >= 4 is 0 Å². The smallest absolute Gasteiger partial charge is 0.118 e. The van der Waals surface area contributed by atoms with Crippen molar-refractivity contribution < 1.29 is 10.4 Å². The van der Waals surface area contributed by atoms with E-state index in [9.17, 15) is 5.11 Å². The van der Waals surface area contributed by atoms with Crippen molar-refractivity contribution in [3.8, 4) is 0 Å². The van der Waals surface area contributed by atoms with E-state index in [2.05, 4.69) is 104 Å². The predicted molar refractivity (Wildman–Crippen MR) is 118 cm³/mol. The largest absolute Gasteiger partial charge is 0.389 e. The summed E-state index contributed by atoms with van der Waals surface area (Å²) in [5.41, 5.74) is 3.05. The molecule has 0 bridgehead atoms. The molecule has 1 aliphatic heterocycles. The first-order valence-corrected chi connectivity index (χ1v) is 10.8. The molecule has 2 nitrogen and oxygen atoms in total. The fourth-order valence-corrected chi connectivity index (χ4v) is 5.39. The van der Waals surface area contributed by atoms with Gasteiger partial charge in [0.15, 0.2) is 0 Å². The number of benzene rings is 3. The maximum atomic E-state index is 12.2. The number of hydrogen-bond donors (Lipinski definition) is 2. The van der Waals surface area contributed by atoms with E-state index >= 15 is 0 Å². The lowest BCUT2D eigenvalue weighted by atomic mass is 9.64. The van der Waals surface area contributed by atoms with Crippen LogP contribution >= 0.6 is 0 Å². The zero-order valence-corrected chi connectivity index (χ0v) is 17.4.